The van der Waals surface area contributed by atoms with Gasteiger partial charge in [-0.05, 0) is 44.2 Å². The number of benzene rings is 1. The van der Waals surface area contributed by atoms with Gasteiger partial charge in [0.15, 0.2) is 5.96 Å². The van der Waals surface area contributed by atoms with Crippen LogP contribution in [0.5, 0.6) is 0 Å². The SMILES string of the molecule is CN=C(NCc1ccc(C)cc1)NCC1CCN(C2CC2)C1. The molecule has 22 heavy (non-hydrogen) atoms. The average molecular weight is 300 g/mol. The number of likely N-dealkylation sites (tertiary alicyclic amines) is 1. The quantitative estimate of drug-likeness (QED) is 0.646. The fourth-order valence-electron chi connectivity index (χ4n) is 3.15. The number of aryl methyl sites for hydroxylation is 1. The summed E-state index contributed by atoms with van der Waals surface area (Å²) in [5, 5.41) is 6.89. The van der Waals surface area contributed by atoms with Crippen LogP contribution in [0.15, 0.2) is 29.3 Å². The van der Waals surface area contributed by atoms with Crippen molar-refractivity contribution < 1.29 is 0 Å². The van der Waals surface area contributed by atoms with E-state index in [-0.39, 0.29) is 0 Å². The molecule has 4 heteroatoms. The highest BCUT2D eigenvalue weighted by molar-refractivity contribution is 5.79. The molecule has 1 saturated heterocycles. The second-order valence-corrected chi connectivity index (χ2v) is 6.67. The van der Waals surface area contributed by atoms with E-state index in [2.05, 4.69) is 51.7 Å². The molecule has 0 amide bonds. The van der Waals surface area contributed by atoms with E-state index in [1.807, 2.05) is 7.05 Å². The van der Waals surface area contributed by atoms with Crippen LogP contribution >= 0.6 is 0 Å². The van der Waals surface area contributed by atoms with Crippen LogP contribution in [-0.4, -0.2) is 43.6 Å². The molecule has 1 heterocycles. The van der Waals surface area contributed by atoms with Gasteiger partial charge in [-0.1, -0.05) is 29.8 Å². The summed E-state index contributed by atoms with van der Waals surface area (Å²) in [4.78, 5) is 6.99. The predicted molar refractivity (Wildman–Crippen MR) is 92.1 cm³/mol. The minimum atomic E-state index is 0.763. The molecule has 1 unspecified atom stereocenters. The summed E-state index contributed by atoms with van der Waals surface area (Å²) in [5.41, 5.74) is 2.59. The molecule has 2 N–H and O–H groups in total. The van der Waals surface area contributed by atoms with Crippen LogP contribution in [0.25, 0.3) is 0 Å². The van der Waals surface area contributed by atoms with E-state index in [4.69, 9.17) is 0 Å². The van der Waals surface area contributed by atoms with E-state index < -0.39 is 0 Å². The second-order valence-electron chi connectivity index (χ2n) is 6.67. The molecule has 1 aromatic rings. The summed E-state index contributed by atoms with van der Waals surface area (Å²) in [5.74, 6) is 1.67. The Hall–Kier alpha value is -1.55. The lowest BCUT2D eigenvalue weighted by molar-refractivity contribution is 0.314. The summed E-state index contributed by atoms with van der Waals surface area (Å²) in [6.07, 6.45) is 4.15. The second kappa shape index (κ2) is 7.14. The van der Waals surface area contributed by atoms with Crippen LogP contribution in [0.3, 0.4) is 0 Å². The summed E-state index contributed by atoms with van der Waals surface area (Å²) >= 11 is 0. The van der Waals surface area contributed by atoms with Crippen molar-refractivity contribution in [1.82, 2.24) is 15.5 Å². The van der Waals surface area contributed by atoms with Crippen LogP contribution in [0, 0.1) is 12.8 Å². The Labute approximate surface area is 134 Å². The van der Waals surface area contributed by atoms with Crippen LogP contribution in [0.4, 0.5) is 0 Å². The van der Waals surface area contributed by atoms with Crippen LogP contribution in [0.2, 0.25) is 0 Å². The highest BCUT2D eigenvalue weighted by Gasteiger charge is 2.34. The van der Waals surface area contributed by atoms with E-state index in [0.29, 0.717) is 0 Å². The van der Waals surface area contributed by atoms with Crippen molar-refractivity contribution in [3.8, 4) is 0 Å². The molecule has 1 atom stereocenters. The topological polar surface area (TPSA) is 39.7 Å². The third kappa shape index (κ3) is 4.23. The number of hydrogen-bond acceptors (Lipinski definition) is 2. The minimum absolute atomic E-state index is 0.763. The van der Waals surface area contributed by atoms with E-state index in [9.17, 15) is 0 Å². The number of guanidine groups is 1. The van der Waals surface area contributed by atoms with E-state index in [1.165, 1.54) is 43.5 Å². The maximum absolute atomic E-state index is 4.33. The van der Waals surface area contributed by atoms with Crippen molar-refractivity contribution in [2.24, 2.45) is 10.9 Å². The van der Waals surface area contributed by atoms with Gasteiger partial charge in [0, 0.05) is 32.7 Å². The van der Waals surface area contributed by atoms with Crippen molar-refractivity contribution >= 4 is 5.96 Å². The van der Waals surface area contributed by atoms with Gasteiger partial charge in [-0.15, -0.1) is 0 Å². The van der Waals surface area contributed by atoms with E-state index >= 15 is 0 Å². The van der Waals surface area contributed by atoms with Gasteiger partial charge in [-0.25, -0.2) is 0 Å². The van der Waals surface area contributed by atoms with Gasteiger partial charge in [0.1, 0.15) is 0 Å². The maximum Gasteiger partial charge on any atom is 0.191 e. The minimum Gasteiger partial charge on any atom is -0.356 e. The van der Waals surface area contributed by atoms with Crippen LogP contribution < -0.4 is 10.6 Å². The molecule has 0 aromatic heterocycles. The van der Waals surface area contributed by atoms with Gasteiger partial charge in [0.05, 0.1) is 0 Å². The standard InChI is InChI=1S/C18H28N4/c1-14-3-5-15(6-4-14)11-20-18(19-2)21-12-16-9-10-22(13-16)17-7-8-17/h3-6,16-17H,7-13H2,1-2H3,(H2,19,20,21). The Morgan fingerprint density at radius 1 is 1.18 bits per heavy atom. The Morgan fingerprint density at radius 3 is 2.64 bits per heavy atom. The maximum atomic E-state index is 4.33. The first-order valence-electron chi connectivity index (χ1n) is 8.48. The molecule has 1 aliphatic heterocycles. The molecule has 4 nitrogen and oxygen atoms in total. The molecule has 3 rings (SSSR count). The lowest BCUT2D eigenvalue weighted by atomic mass is 10.1. The summed E-state index contributed by atoms with van der Waals surface area (Å²) in [6, 6.07) is 9.54. The first-order chi connectivity index (χ1) is 10.7. The van der Waals surface area contributed by atoms with Gasteiger partial charge in [-0.3, -0.25) is 4.99 Å². The summed E-state index contributed by atoms with van der Waals surface area (Å²) in [6.45, 7) is 6.50. The van der Waals surface area contributed by atoms with Crippen molar-refractivity contribution in [2.75, 3.05) is 26.7 Å². The molecule has 2 aliphatic rings. The van der Waals surface area contributed by atoms with Crippen LogP contribution in [-0.2, 0) is 6.54 Å². The van der Waals surface area contributed by atoms with Gasteiger partial charge in [0.25, 0.3) is 0 Å². The van der Waals surface area contributed by atoms with Gasteiger partial charge >= 0.3 is 0 Å². The average Bonchev–Trinajstić information content (AvgIpc) is 3.28. The molecule has 1 aromatic carbocycles. The Balaban J connectivity index is 1.39. The van der Waals surface area contributed by atoms with Gasteiger partial charge in [0.2, 0.25) is 0 Å². The lowest BCUT2D eigenvalue weighted by Crippen LogP contribution is -2.40. The smallest absolute Gasteiger partial charge is 0.191 e. The molecule has 0 bridgehead atoms. The lowest BCUT2D eigenvalue weighted by Gasteiger charge is -2.17. The normalized spacial score (nSPS) is 22.8. The van der Waals surface area contributed by atoms with Gasteiger partial charge in [-0.2, -0.15) is 0 Å². The fourth-order valence-corrected chi connectivity index (χ4v) is 3.15. The monoisotopic (exact) mass is 300 g/mol. The molecular weight excluding hydrogens is 272 g/mol. The molecule has 0 radical (unpaired) electrons. The Kier molecular flexibility index (Phi) is 4.98. The molecule has 0 spiro atoms. The first kappa shape index (κ1) is 15.3. The molecular formula is C18H28N4. The third-order valence-corrected chi connectivity index (χ3v) is 4.74. The highest BCUT2D eigenvalue weighted by atomic mass is 15.2. The Bertz CT molecular complexity index is 504. The van der Waals surface area contributed by atoms with E-state index in [0.717, 1.165) is 31.0 Å². The van der Waals surface area contributed by atoms with Crippen molar-refractivity contribution in [1.29, 1.82) is 0 Å². The zero-order chi connectivity index (χ0) is 15.4. The number of nitrogens with zero attached hydrogens (tertiary/aromatic N) is 2. The molecule has 1 aliphatic carbocycles. The number of rotatable bonds is 5. The van der Waals surface area contributed by atoms with E-state index in [1.54, 1.807) is 0 Å². The number of nitrogens with one attached hydrogen (secondary N) is 2. The van der Waals surface area contributed by atoms with Gasteiger partial charge < -0.3 is 15.5 Å². The molecule has 2 fully saturated rings. The summed E-state index contributed by atoms with van der Waals surface area (Å²) < 4.78 is 0. The Morgan fingerprint density at radius 2 is 1.95 bits per heavy atom. The number of aliphatic imine (C=N–C) groups is 1. The van der Waals surface area contributed by atoms with Crippen molar-refractivity contribution in [3.05, 3.63) is 35.4 Å². The highest BCUT2D eigenvalue weighted by Crippen LogP contribution is 2.31. The zero-order valence-electron chi connectivity index (χ0n) is 13.8. The predicted octanol–water partition coefficient (Wildman–Crippen LogP) is 2.14. The third-order valence-electron chi connectivity index (χ3n) is 4.74. The van der Waals surface area contributed by atoms with Crippen molar-refractivity contribution in [2.45, 2.75) is 38.8 Å². The fraction of sp³-hybridized carbons (Fsp3) is 0.611. The number of hydrogen-bond donors (Lipinski definition) is 2. The zero-order valence-corrected chi connectivity index (χ0v) is 13.8. The molecule has 120 valence electrons. The summed E-state index contributed by atoms with van der Waals surface area (Å²) in [7, 11) is 1.84. The first-order valence-corrected chi connectivity index (χ1v) is 8.48. The van der Waals surface area contributed by atoms with Crippen LogP contribution in [0.1, 0.15) is 30.4 Å². The molecule has 1 saturated carbocycles. The largest absolute Gasteiger partial charge is 0.356 e. The van der Waals surface area contributed by atoms with Crippen molar-refractivity contribution in [3.63, 3.8) is 0 Å².